The maximum absolute atomic E-state index is 14.2. The number of rotatable bonds is 5. The molecule has 33 heavy (non-hydrogen) atoms. The minimum atomic E-state index is -0.693. The maximum Gasteiger partial charge on any atom is 0.267 e. The lowest BCUT2D eigenvalue weighted by Gasteiger charge is -2.22. The van der Waals surface area contributed by atoms with Crippen molar-refractivity contribution in [3.63, 3.8) is 0 Å². The normalized spacial score (nSPS) is 12.4. The van der Waals surface area contributed by atoms with Crippen molar-refractivity contribution in [3.05, 3.63) is 81.1 Å². The smallest absolute Gasteiger partial charge is 0.267 e. The summed E-state index contributed by atoms with van der Waals surface area (Å²) >= 11 is 12.4. The molecule has 11 heteroatoms. The van der Waals surface area contributed by atoms with Crippen LogP contribution in [0.15, 0.2) is 53.8 Å². The van der Waals surface area contributed by atoms with Gasteiger partial charge < -0.3 is 10.3 Å². The van der Waals surface area contributed by atoms with Gasteiger partial charge in [0.05, 0.1) is 34.0 Å². The minimum Gasteiger partial charge on any atom is -0.358 e. The van der Waals surface area contributed by atoms with Crippen LogP contribution in [0.5, 0.6) is 0 Å². The molecular weight excluding hydrogens is 468 g/mol. The molecular formula is C22H16Cl2FN7O. The highest BCUT2D eigenvalue weighted by Crippen LogP contribution is 2.29. The Morgan fingerprint density at radius 3 is 2.82 bits per heavy atom. The number of fused-ring (bicyclic) bond motifs is 2. The molecule has 3 heterocycles. The summed E-state index contributed by atoms with van der Waals surface area (Å²) in [6, 6.07) is 8.96. The van der Waals surface area contributed by atoms with E-state index in [1.54, 1.807) is 24.3 Å². The third-order valence-electron chi connectivity index (χ3n) is 5.27. The standard InChI is InChI=1S/C22H16Cl2FN7O/c1-2-14(30-20-18-19(27-9-26-18)28-10-29-20)21-31-15-7-6-13(25)17(24)16(15)22(33)32(21)12-5-3-4-11(23)8-12/h3-10,14H,2H2,1H3,(H2,26,27,28,29,30). The topological polar surface area (TPSA) is 101 Å². The monoisotopic (exact) mass is 483 g/mol. The van der Waals surface area contributed by atoms with Gasteiger partial charge in [-0.15, -0.1) is 0 Å². The van der Waals surface area contributed by atoms with Crippen LogP contribution in [0.1, 0.15) is 25.2 Å². The van der Waals surface area contributed by atoms with Gasteiger partial charge in [-0.1, -0.05) is 36.2 Å². The van der Waals surface area contributed by atoms with Crippen LogP contribution in [0.25, 0.3) is 27.8 Å². The van der Waals surface area contributed by atoms with E-state index in [1.807, 2.05) is 6.92 Å². The first-order valence-electron chi connectivity index (χ1n) is 10.0. The molecule has 0 bridgehead atoms. The van der Waals surface area contributed by atoms with Gasteiger partial charge in [0.2, 0.25) is 0 Å². The number of anilines is 1. The Morgan fingerprint density at radius 2 is 2.03 bits per heavy atom. The van der Waals surface area contributed by atoms with E-state index in [-0.39, 0.29) is 15.9 Å². The van der Waals surface area contributed by atoms with Crippen LogP contribution in [-0.2, 0) is 0 Å². The van der Waals surface area contributed by atoms with Crippen molar-refractivity contribution in [2.75, 3.05) is 5.32 Å². The predicted molar refractivity (Wildman–Crippen MR) is 126 cm³/mol. The lowest BCUT2D eigenvalue weighted by Crippen LogP contribution is -2.28. The Morgan fingerprint density at radius 1 is 1.18 bits per heavy atom. The van der Waals surface area contributed by atoms with Gasteiger partial charge >= 0.3 is 0 Å². The third-order valence-corrected chi connectivity index (χ3v) is 5.88. The highest BCUT2D eigenvalue weighted by molar-refractivity contribution is 6.35. The number of aromatic nitrogens is 6. The zero-order chi connectivity index (χ0) is 23.1. The number of aromatic amines is 1. The van der Waals surface area contributed by atoms with Crippen molar-refractivity contribution < 1.29 is 4.39 Å². The van der Waals surface area contributed by atoms with Crippen LogP contribution in [0.4, 0.5) is 10.2 Å². The zero-order valence-electron chi connectivity index (χ0n) is 17.2. The summed E-state index contributed by atoms with van der Waals surface area (Å²) in [5.41, 5.74) is 1.39. The number of benzene rings is 2. The van der Waals surface area contributed by atoms with Gasteiger partial charge in [0.15, 0.2) is 11.5 Å². The molecule has 3 aromatic heterocycles. The summed E-state index contributed by atoms with van der Waals surface area (Å²) in [6.07, 6.45) is 3.48. The molecule has 5 aromatic rings. The van der Waals surface area contributed by atoms with Crippen molar-refractivity contribution in [3.8, 4) is 5.69 Å². The third kappa shape index (κ3) is 3.69. The summed E-state index contributed by atoms with van der Waals surface area (Å²) in [5, 5.41) is 3.49. The number of imidazole rings is 1. The van der Waals surface area contributed by atoms with Crippen LogP contribution < -0.4 is 10.9 Å². The van der Waals surface area contributed by atoms with E-state index in [0.717, 1.165) is 0 Å². The first-order chi connectivity index (χ1) is 16.0. The molecule has 2 aromatic carbocycles. The molecule has 0 radical (unpaired) electrons. The molecule has 0 aliphatic carbocycles. The fraction of sp³-hybridized carbons (Fsp3) is 0.136. The Balaban J connectivity index is 1.76. The molecule has 0 saturated heterocycles. The van der Waals surface area contributed by atoms with Gasteiger partial charge in [-0.25, -0.2) is 24.3 Å². The van der Waals surface area contributed by atoms with Crippen molar-refractivity contribution >= 4 is 51.1 Å². The number of nitrogens with zero attached hydrogens (tertiary/aromatic N) is 5. The lowest BCUT2D eigenvalue weighted by atomic mass is 10.1. The molecule has 0 saturated carbocycles. The quantitative estimate of drug-likeness (QED) is 0.362. The van der Waals surface area contributed by atoms with Gasteiger partial charge in [0, 0.05) is 5.02 Å². The minimum absolute atomic E-state index is 0.00626. The highest BCUT2D eigenvalue weighted by Gasteiger charge is 2.23. The fourth-order valence-corrected chi connectivity index (χ4v) is 4.14. The predicted octanol–water partition coefficient (Wildman–Crippen LogP) is 5.06. The van der Waals surface area contributed by atoms with Gasteiger partial charge in [-0.3, -0.25) is 9.36 Å². The number of H-pyrrole nitrogens is 1. The average Bonchev–Trinajstić information content (AvgIpc) is 3.29. The van der Waals surface area contributed by atoms with E-state index in [4.69, 9.17) is 28.2 Å². The first-order valence-corrected chi connectivity index (χ1v) is 10.8. The summed E-state index contributed by atoms with van der Waals surface area (Å²) in [6.45, 7) is 1.94. The second-order valence-corrected chi connectivity index (χ2v) is 8.09. The average molecular weight is 484 g/mol. The molecule has 0 aliphatic rings. The largest absolute Gasteiger partial charge is 0.358 e. The van der Waals surface area contributed by atoms with Gasteiger partial charge in [-0.2, -0.15) is 0 Å². The second kappa shape index (κ2) is 8.42. The SMILES string of the molecule is CCC(Nc1ncnc2nc[nH]c12)c1nc2ccc(F)c(Cl)c2c(=O)n1-c1cccc(Cl)c1. The first kappa shape index (κ1) is 21.3. The molecule has 5 rings (SSSR count). The van der Waals surface area contributed by atoms with Crippen molar-refractivity contribution in [1.29, 1.82) is 0 Å². The van der Waals surface area contributed by atoms with Gasteiger partial charge in [0.1, 0.15) is 23.5 Å². The molecule has 1 atom stereocenters. The summed E-state index contributed by atoms with van der Waals surface area (Å²) in [5.74, 6) is 0.209. The molecule has 0 aliphatic heterocycles. The van der Waals surface area contributed by atoms with Gasteiger partial charge in [-0.05, 0) is 36.8 Å². The van der Waals surface area contributed by atoms with Crippen LogP contribution in [0, 0.1) is 5.82 Å². The van der Waals surface area contributed by atoms with Crippen LogP contribution in [0.2, 0.25) is 10.0 Å². The van der Waals surface area contributed by atoms with E-state index in [1.165, 1.54) is 29.4 Å². The number of hydrogen-bond donors (Lipinski definition) is 2. The van der Waals surface area contributed by atoms with E-state index in [9.17, 15) is 9.18 Å². The molecule has 166 valence electrons. The van der Waals surface area contributed by atoms with E-state index < -0.39 is 17.4 Å². The summed E-state index contributed by atoms with van der Waals surface area (Å²) in [4.78, 5) is 34.0. The Kier molecular flexibility index (Phi) is 5.43. The number of hydrogen-bond acceptors (Lipinski definition) is 6. The maximum atomic E-state index is 14.2. The van der Waals surface area contributed by atoms with Crippen molar-refractivity contribution in [1.82, 2.24) is 29.5 Å². The molecule has 8 nitrogen and oxygen atoms in total. The fourth-order valence-electron chi connectivity index (χ4n) is 3.71. The number of halogens is 3. The van der Waals surface area contributed by atoms with Crippen molar-refractivity contribution in [2.45, 2.75) is 19.4 Å². The molecule has 0 amide bonds. The zero-order valence-corrected chi connectivity index (χ0v) is 18.7. The summed E-state index contributed by atoms with van der Waals surface area (Å²) < 4.78 is 15.6. The van der Waals surface area contributed by atoms with Gasteiger partial charge in [0.25, 0.3) is 5.56 Å². The van der Waals surface area contributed by atoms with E-state index in [0.29, 0.717) is 39.9 Å². The van der Waals surface area contributed by atoms with Crippen LogP contribution in [0.3, 0.4) is 0 Å². The second-order valence-electron chi connectivity index (χ2n) is 7.27. The molecule has 0 spiro atoms. The molecule has 1 unspecified atom stereocenters. The Bertz CT molecular complexity index is 1570. The van der Waals surface area contributed by atoms with Crippen molar-refractivity contribution in [2.24, 2.45) is 0 Å². The summed E-state index contributed by atoms with van der Waals surface area (Å²) in [7, 11) is 0. The Labute approximate surface area is 196 Å². The lowest BCUT2D eigenvalue weighted by molar-refractivity contribution is 0.628. The van der Waals surface area contributed by atoms with E-state index >= 15 is 0 Å². The van der Waals surface area contributed by atoms with E-state index in [2.05, 4.69) is 25.3 Å². The molecule has 0 fully saturated rings. The molecule has 2 N–H and O–H groups in total. The highest BCUT2D eigenvalue weighted by atomic mass is 35.5. The van der Waals surface area contributed by atoms with Crippen LogP contribution >= 0.6 is 23.2 Å². The van der Waals surface area contributed by atoms with Crippen LogP contribution in [-0.4, -0.2) is 29.5 Å². The Hall–Kier alpha value is -3.56. The number of nitrogens with one attached hydrogen (secondary N) is 2.